The topological polar surface area (TPSA) is 52.7 Å². The molecule has 1 heterocycles. The molecule has 0 unspecified atom stereocenters. The summed E-state index contributed by atoms with van der Waals surface area (Å²) in [5.74, 6) is -0.763. The smallest absolute Gasteiger partial charge is 0.282 e. The summed E-state index contributed by atoms with van der Waals surface area (Å²) in [6.45, 7) is 0. The van der Waals surface area contributed by atoms with Gasteiger partial charge in [0.1, 0.15) is 5.57 Å². The normalized spacial score (nSPS) is 15.0. The molecule has 1 N–H and O–H groups in total. The average molecular weight is 369 g/mol. The van der Waals surface area contributed by atoms with E-state index in [9.17, 15) is 9.59 Å². The molecule has 4 rings (SSSR count). The van der Waals surface area contributed by atoms with Crippen LogP contribution in [0, 0.1) is 0 Å². The van der Waals surface area contributed by atoms with E-state index < -0.39 is 5.91 Å². The predicted octanol–water partition coefficient (Wildman–Crippen LogP) is 3.92. The summed E-state index contributed by atoms with van der Waals surface area (Å²) in [6.07, 6.45) is 1.62. The Balaban J connectivity index is 1.56. The number of nitrogens with one attached hydrogen (secondary N) is 1. The van der Waals surface area contributed by atoms with Crippen LogP contribution in [0.25, 0.3) is 6.08 Å². The number of carbonyl (C=O) groups is 2. The summed E-state index contributed by atoms with van der Waals surface area (Å²) in [5, 5.41) is 1.27. The molecule has 1 aliphatic heterocycles. The first kappa shape index (κ1) is 17.5. The van der Waals surface area contributed by atoms with Crippen LogP contribution in [0.1, 0.15) is 5.56 Å². The van der Waals surface area contributed by atoms with Crippen LogP contribution in [0.5, 0.6) is 0 Å². The van der Waals surface area contributed by atoms with Gasteiger partial charge >= 0.3 is 0 Å². The molecule has 1 aliphatic rings. The summed E-state index contributed by atoms with van der Waals surface area (Å²) in [7, 11) is 1.99. The van der Waals surface area contributed by atoms with Gasteiger partial charge < -0.3 is 4.90 Å². The van der Waals surface area contributed by atoms with Gasteiger partial charge in [-0.15, -0.1) is 0 Å². The van der Waals surface area contributed by atoms with Gasteiger partial charge in [0, 0.05) is 18.4 Å². The van der Waals surface area contributed by atoms with Crippen LogP contribution in [0.2, 0.25) is 0 Å². The van der Waals surface area contributed by atoms with Gasteiger partial charge in [-0.1, -0.05) is 48.5 Å². The van der Waals surface area contributed by atoms with E-state index in [0.29, 0.717) is 5.69 Å². The Morgan fingerprint density at radius 2 is 1.36 bits per heavy atom. The number of rotatable bonds is 4. The van der Waals surface area contributed by atoms with Crippen LogP contribution in [0.15, 0.2) is 90.5 Å². The Bertz CT molecular complexity index is 1030. The SMILES string of the molecule is CN(c1ccccc1)c1ccc(/C=C2\C(=O)NN(c3ccccc3)C2=O)cc1. The minimum Gasteiger partial charge on any atom is -0.345 e. The molecule has 138 valence electrons. The minimum absolute atomic E-state index is 0.119. The van der Waals surface area contributed by atoms with Gasteiger partial charge in [0.2, 0.25) is 0 Å². The lowest BCUT2D eigenvalue weighted by Crippen LogP contribution is -2.35. The minimum atomic E-state index is -0.403. The van der Waals surface area contributed by atoms with E-state index >= 15 is 0 Å². The molecular formula is C23H19N3O2. The highest BCUT2D eigenvalue weighted by Crippen LogP contribution is 2.25. The van der Waals surface area contributed by atoms with Crippen molar-refractivity contribution in [3.8, 4) is 0 Å². The Hall–Kier alpha value is -3.86. The first-order chi connectivity index (χ1) is 13.6. The van der Waals surface area contributed by atoms with E-state index in [-0.39, 0.29) is 11.5 Å². The largest absolute Gasteiger partial charge is 0.345 e. The highest BCUT2D eigenvalue weighted by Gasteiger charge is 2.34. The fourth-order valence-electron chi connectivity index (χ4n) is 3.08. The Morgan fingerprint density at radius 3 is 2.00 bits per heavy atom. The molecule has 2 amide bonds. The van der Waals surface area contributed by atoms with Crippen molar-refractivity contribution in [3.05, 3.63) is 96.1 Å². The number of carbonyl (C=O) groups excluding carboxylic acids is 2. The lowest BCUT2D eigenvalue weighted by atomic mass is 10.1. The molecule has 1 fully saturated rings. The number of hydrazine groups is 1. The quantitative estimate of drug-likeness (QED) is 0.560. The summed E-state index contributed by atoms with van der Waals surface area (Å²) < 4.78 is 0. The molecule has 0 spiro atoms. The number of hydrogen-bond donors (Lipinski definition) is 1. The maximum absolute atomic E-state index is 12.6. The fourth-order valence-corrected chi connectivity index (χ4v) is 3.08. The van der Waals surface area contributed by atoms with Crippen molar-refractivity contribution in [2.75, 3.05) is 17.0 Å². The average Bonchev–Trinajstić information content (AvgIpc) is 3.03. The molecule has 3 aromatic carbocycles. The molecular weight excluding hydrogens is 350 g/mol. The Morgan fingerprint density at radius 1 is 0.786 bits per heavy atom. The number of benzene rings is 3. The van der Waals surface area contributed by atoms with Crippen molar-refractivity contribution < 1.29 is 9.59 Å². The van der Waals surface area contributed by atoms with Crippen molar-refractivity contribution in [2.24, 2.45) is 0 Å². The van der Waals surface area contributed by atoms with E-state index in [2.05, 4.69) is 10.3 Å². The van der Waals surface area contributed by atoms with Crippen LogP contribution in [-0.4, -0.2) is 18.9 Å². The van der Waals surface area contributed by atoms with E-state index in [1.54, 1.807) is 18.2 Å². The summed E-state index contributed by atoms with van der Waals surface area (Å²) in [6, 6.07) is 26.8. The number of hydrogen-bond acceptors (Lipinski definition) is 3. The number of para-hydroxylation sites is 2. The third-order valence-electron chi connectivity index (χ3n) is 4.64. The lowest BCUT2D eigenvalue weighted by molar-refractivity contribution is -0.117. The van der Waals surface area contributed by atoms with Gasteiger partial charge in [0.25, 0.3) is 11.8 Å². The molecule has 0 aromatic heterocycles. The second-order valence-electron chi connectivity index (χ2n) is 6.46. The monoisotopic (exact) mass is 369 g/mol. The molecule has 1 saturated heterocycles. The molecule has 5 heteroatoms. The zero-order valence-corrected chi connectivity index (χ0v) is 15.4. The molecule has 0 aliphatic carbocycles. The van der Waals surface area contributed by atoms with Crippen molar-refractivity contribution in [1.82, 2.24) is 5.43 Å². The van der Waals surface area contributed by atoms with Crippen LogP contribution < -0.4 is 15.3 Å². The van der Waals surface area contributed by atoms with Crippen molar-refractivity contribution >= 4 is 35.0 Å². The van der Waals surface area contributed by atoms with Crippen LogP contribution in [-0.2, 0) is 9.59 Å². The molecule has 0 radical (unpaired) electrons. The molecule has 0 atom stereocenters. The standard InChI is InChI=1S/C23H19N3O2/c1-25(18-8-4-2-5-9-18)19-14-12-17(13-15-19)16-21-22(27)24-26(23(21)28)20-10-6-3-7-11-20/h2-16H,1H3,(H,24,27)/b21-16+. The third kappa shape index (κ3) is 3.38. The van der Waals surface area contributed by atoms with Crippen molar-refractivity contribution in [1.29, 1.82) is 0 Å². The Labute approximate surface area is 163 Å². The molecule has 3 aromatic rings. The van der Waals surface area contributed by atoms with Crippen molar-refractivity contribution in [3.63, 3.8) is 0 Å². The lowest BCUT2D eigenvalue weighted by Gasteiger charge is -2.19. The predicted molar refractivity (Wildman–Crippen MR) is 111 cm³/mol. The highest BCUT2D eigenvalue weighted by molar-refractivity contribution is 6.31. The van der Waals surface area contributed by atoms with Gasteiger partial charge in [-0.2, -0.15) is 0 Å². The van der Waals surface area contributed by atoms with E-state index in [0.717, 1.165) is 16.9 Å². The van der Waals surface area contributed by atoms with E-state index in [1.165, 1.54) is 5.01 Å². The van der Waals surface area contributed by atoms with Gasteiger partial charge in [0.05, 0.1) is 5.69 Å². The number of nitrogens with zero attached hydrogens (tertiary/aromatic N) is 2. The molecule has 28 heavy (non-hydrogen) atoms. The van der Waals surface area contributed by atoms with E-state index in [1.807, 2.05) is 79.8 Å². The van der Waals surface area contributed by atoms with E-state index in [4.69, 9.17) is 0 Å². The van der Waals surface area contributed by atoms with Gasteiger partial charge in [0.15, 0.2) is 0 Å². The maximum Gasteiger partial charge on any atom is 0.282 e. The van der Waals surface area contributed by atoms with Crippen LogP contribution in [0.4, 0.5) is 17.1 Å². The van der Waals surface area contributed by atoms with Gasteiger partial charge in [-0.25, -0.2) is 5.01 Å². The first-order valence-electron chi connectivity index (χ1n) is 8.94. The van der Waals surface area contributed by atoms with Crippen LogP contribution in [0.3, 0.4) is 0 Å². The number of anilines is 3. The molecule has 5 nitrogen and oxygen atoms in total. The second kappa shape index (κ2) is 7.40. The second-order valence-corrected chi connectivity index (χ2v) is 6.46. The fraction of sp³-hybridized carbons (Fsp3) is 0.0435. The van der Waals surface area contributed by atoms with Gasteiger partial charge in [-0.3, -0.25) is 15.0 Å². The van der Waals surface area contributed by atoms with Gasteiger partial charge in [-0.05, 0) is 48.0 Å². The number of amides is 2. The van der Waals surface area contributed by atoms with Crippen LogP contribution >= 0.6 is 0 Å². The summed E-state index contributed by atoms with van der Waals surface area (Å²) in [5.41, 5.74) is 6.24. The third-order valence-corrected chi connectivity index (χ3v) is 4.64. The summed E-state index contributed by atoms with van der Waals surface area (Å²) >= 11 is 0. The zero-order chi connectivity index (χ0) is 19.5. The molecule has 0 bridgehead atoms. The highest BCUT2D eigenvalue weighted by atomic mass is 16.2. The van der Waals surface area contributed by atoms with Crippen molar-refractivity contribution in [2.45, 2.75) is 0 Å². The maximum atomic E-state index is 12.6. The summed E-state index contributed by atoms with van der Waals surface area (Å²) in [4.78, 5) is 27.0. The Kier molecular flexibility index (Phi) is 4.64. The molecule has 0 saturated carbocycles. The zero-order valence-electron chi connectivity index (χ0n) is 15.4. The first-order valence-corrected chi connectivity index (χ1v) is 8.94.